The van der Waals surface area contributed by atoms with Crippen LogP contribution in [0.5, 0.6) is 0 Å². The molecule has 1 aliphatic rings. The van der Waals surface area contributed by atoms with Gasteiger partial charge >= 0.3 is 11.7 Å². The summed E-state index contributed by atoms with van der Waals surface area (Å²) in [5.41, 5.74) is -0.473. The summed E-state index contributed by atoms with van der Waals surface area (Å²) in [4.78, 5) is 57.8. The number of amides is 1. The van der Waals surface area contributed by atoms with Crippen LogP contribution in [0.25, 0.3) is 10.3 Å². The zero-order valence-corrected chi connectivity index (χ0v) is 19.6. The third-order valence-corrected chi connectivity index (χ3v) is 6.69. The molecule has 0 radical (unpaired) electrons. The number of rotatable bonds is 7. The highest BCUT2D eigenvalue weighted by Gasteiger charge is 2.23. The number of methoxy groups -OCH3 is 1. The highest BCUT2D eigenvalue weighted by atomic mass is 32.1. The first-order valence-electron chi connectivity index (χ1n) is 10.9. The lowest BCUT2D eigenvalue weighted by Gasteiger charge is -2.25. The Labute approximate surface area is 199 Å². The van der Waals surface area contributed by atoms with E-state index in [2.05, 4.69) is 21.8 Å². The van der Waals surface area contributed by atoms with Crippen molar-refractivity contribution in [2.75, 3.05) is 30.4 Å². The van der Waals surface area contributed by atoms with E-state index in [1.54, 1.807) is 18.2 Å². The van der Waals surface area contributed by atoms with Gasteiger partial charge in [0.25, 0.3) is 5.56 Å². The molecule has 3 heterocycles. The van der Waals surface area contributed by atoms with Crippen LogP contribution in [-0.2, 0) is 22.6 Å². The minimum Gasteiger partial charge on any atom is -0.465 e. The molecule has 0 atom stereocenters. The lowest BCUT2D eigenvalue weighted by atomic mass is 10.1. The zero-order valence-electron chi connectivity index (χ0n) is 18.8. The Kier molecular flexibility index (Phi) is 6.92. The van der Waals surface area contributed by atoms with E-state index in [1.165, 1.54) is 35.2 Å². The number of carbonyl (C=O) groups is 2. The van der Waals surface area contributed by atoms with Gasteiger partial charge in [-0.15, -0.1) is 6.58 Å². The topological polar surface area (TPSA) is 116 Å². The number of thiazole rings is 1. The summed E-state index contributed by atoms with van der Waals surface area (Å²) in [6, 6.07) is 6.42. The molecule has 0 aliphatic carbocycles. The molecule has 11 heteroatoms. The summed E-state index contributed by atoms with van der Waals surface area (Å²) in [6.45, 7) is 4.91. The zero-order chi connectivity index (χ0) is 24.2. The number of para-hydroxylation sites is 1. The summed E-state index contributed by atoms with van der Waals surface area (Å²) in [6.07, 6.45) is 4.67. The fourth-order valence-electron chi connectivity index (χ4n) is 3.94. The normalized spacial score (nSPS) is 13.6. The van der Waals surface area contributed by atoms with Gasteiger partial charge in [0.2, 0.25) is 5.91 Å². The molecule has 0 spiro atoms. The number of carbonyl (C=O) groups excluding carboxylic acids is 2. The quantitative estimate of drug-likeness (QED) is 0.405. The highest BCUT2D eigenvalue weighted by Crippen LogP contribution is 2.28. The van der Waals surface area contributed by atoms with E-state index in [9.17, 15) is 19.2 Å². The molecule has 1 fully saturated rings. The summed E-state index contributed by atoms with van der Waals surface area (Å²) < 4.78 is 7.31. The van der Waals surface area contributed by atoms with E-state index in [0.717, 1.165) is 36.9 Å². The second-order valence-electron chi connectivity index (χ2n) is 7.86. The number of piperidine rings is 1. The van der Waals surface area contributed by atoms with Crippen LogP contribution in [0, 0.1) is 0 Å². The van der Waals surface area contributed by atoms with Gasteiger partial charge in [-0.2, -0.15) is 0 Å². The molecular formula is C23H25N5O5S. The van der Waals surface area contributed by atoms with Gasteiger partial charge in [0.1, 0.15) is 11.2 Å². The van der Waals surface area contributed by atoms with Gasteiger partial charge in [-0.3, -0.25) is 18.7 Å². The molecule has 3 aromatic rings. The average molecular weight is 484 g/mol. The van der Waals surface area contributed by atoms with Crippen molar-refractivity contribution in [3.8, 4) is 0 Å². The predicted molar refractivity (Wildman–Crippen MR) is 131 cm³/mol. The van der Waals surface area contributed by atoms with Crippen LogP contribution in [-0.4, -0.2) is 46.2 Å². The molecule has 1 amide bonds. The smallest absolute Gasteiger partial charge is 0.339 e. The van der Waals surface area contributed by atoms with E-state index in [0.29, 0.717) is 9.83 Å². The minimum atomic E-state index is -0.649. The third kappa shape index (κ3) is 4.51. The van der Waals surface area contributed by atoms with Crippen molar-refractivity contribution in [3.05, 3.63) is 63.3 Å². The van der Waals surface area contributed by atoms with Gasteiger partial charge < -0.3 is 15.0 Å². The summed E-state index contributed by atoms with van der Waals surface area (Å²) in [7, 11) is 1.25. The Hall–Kier alpha value is -3.73. The number of benzene rings is 1. The van der Waals surface area contributed by atoms with E-state index in [4.69, 9.17) is 4.74 Å². The maximum absolute atomic E-state index is 13.2. The monoisotopic (exact) mass is 483 g/mol. The molecule has 1 N–H and O–H groups in total. The van der Waals surface area contributed by atoms with E-state index >= 15 is 0 Å². The average Bonchev–Trinajstić information content (AvgIpc) is 3.30. The molecule has 1 saturated heterocycles. The number of esters is 1. The first-order chi connectivity index (χ1) is 16.4. The van der Waals surface area contributed by atoms with Crippen LogP contribution in [0.15, 0.2) is 46.5 Å². The first-order valence-corrected chi connectivity index (χ1v) is 11.7. The molecule has 2 aromatic heterocycles. The Morgan fingerprint density at radius 3 is 2.62 bits per heavy atom. The SMILES string of the molecule is C=CCn1c(=O)c2sc(N3CCCCC3)nc2n(CC(=O)Nc2ccccc2C(=O)OC)c1=O. The number of fused-ring (bicyclic) bond motifs is 1. The van der Waals surface area contributed by atoms with E-state index < -0.39 is 23.1 Å². The molecule has 178 valence electrons. The van der Waals surface area contributed by atoms with Crippen molar-refractivity contribution in [2.45, 2.75) is 32.4 Å². The van der Waals surface area contributed by atoms with Crippen LogP contribution in [0.2, 0.25) is 0 Å². The third-order valence-electron chi connectivity index (χ3n) is 5.60. The van der Waals surface area contributed by atoms with Crippen LogP contribution in [0.3, 0.4) is 0 Å². The Morgan fingerprint density at radius 2 is 1.91 bits per heavy atom. The van der Waals surface area contributed by atoms with Crippen molar-refractivity contribution in [1.29, 1.82) is 0 Å². The molecule has 10 nitrogen and oxygen atoms in total. The van der Waals surface area contributed by atoms with Gasteiger partial charge in [-0.25, -0.2) is 14.6 Å². The van der Waals surface area contributed by atoms with E-state index in [-0.39, 0.29) is 30.0 Å². The van der Waals surface area contributed by atoms with Crippen molar-refractivity contribution >= 4 is 44.4 Å². The number of aromatic nitrogens is 3. The van der Waals surface area contributed by atoms with Crippen LogP contribution in [0.1, 0.15) is 29.6 Å². The molecule has 1 aromatic carbocycles. The van der Waals surface area contributed by atoms with Crippen molar-refractivity contribution in [1.82, 2.24) is 14.1 Å². The second kappa shape index (κ2) is 10.0. The second-order valence-corrected chi connectivity index (χ2v) is 8.83. The summed E-state index contributed by atoms with van der Waals surface area (Å²) in [5, 5.41) is 3.32. The van der Waals surface area contributed by atoms with E-state index in [1.807, 2.05) is 0 Å². The number of hydrogen-bond acceptors (Lipinski definition) is 8. The standard InChI is InChI=1S/C23H25N5O5S/c1-3-11-27-20(30)18-19(25-22(34-18)26-12-7-4-8-13-26)28(23(27)32)14-17(29)24-16-10-6-5-9-15(16)21(31)33-2/h3,5-6,9-10H,1,4,7-8,11-14H2,2H3,(H,24,29). The minimum absolute atomic E-state index is 0.0113. The predicted octanol–water partition coefficient (Wildman–Crippen LogP) is 2.22. The Balaban J connectivity index is 1.74. The van der Waals surface area contributed by atoms with Gasteiger partial charge in [0, 0.05) is 19.6 Å². The Morgan fingerprint density at radius 1 is 1.18 bits per heavy atom. The van der Waals surface area contributed by atoms with Crippen molar-refractivity contribution in [2.24, 2.45) is 0 Å². The Bertz CT molecular complexity index is 1370. The maximum atomic E-state index is 13.2. The molecule has 4 rings (SSSR count). The molecule has 0 bridgehead atoms. The fraction of sp³-hybridized carbons (Fsp3) is 0.348. The number of nitrogens with zero attached hydrogens (tertiary/aromatic N) is 4. The number of allylic oxidation sites excluding steroid dienone is 1. The van der Waals surface area contributed by atoms with Crippen molar-refractivity contribution < 1.29 is 14.3 Å². The molecule has 1 aliphatic heterocycles. The maximum Gasteiger partial charge on any atom is 0.339 e. The molecule has 0 unspecified atom stereocenters. The van der Waals surface area contributed by atoms with Crippen molar-refractivity contribution in [3.63, 3.8) is 0 Å². The molecule has 34 heavy (non-hydrogen) atoms. The summed E-state index contributed by atoms with van der Waals surface area (Å²) in [5.74, 6) is -1.14. The number of ether oxygens (including phenoxy) is 1. The fourth-order valence-corrected chi connectivity index (χ4v) is 5.01. The lowest BCUT2D eigenvalue weighted by molar-refractivity contribution is -0.116. The van der Waals surface area contributed by atoms with Gasteiger partial charge in [-0.05, 0) is 31.4 Å². The number of anilines is 2. The largest absolute Gasteiger partial charge is 0.465 e. The van der Waals surface area contributed by atoms with Crippen LogP contribution in [0.4, 0.5) is 10.8 Å². The number of nitrogens with one attached hydrogen (secondary N) is 1. The van der Waals surface area contributed by atoms with Crippen LogP contribution >= 0.6 is 11.3 Å². The van der Waals surface area contributed by atoms with Gasteiger partial charge in [-0.1, -0.05) is 29.5 Å². The molecule has 0 saturated carbocycles. The lowest BCUT2D eigenvalue weighted by Crippen LogP contribution is -2.41. The van der Waals surface area contributed by atoms with Crippen LogP contribution < -0.4 is 21.5 Å². The first kappa shape index (κ1) is 23.4. The molecular weight excluding hydrogens is 458 g/mol. The van der Waals surface area contributed by atoms with Gasteiger partial charge in [0.15, 0.2) is 10.8 Å². The highest BCUT2D eigenvalue weighted by molar-refractivity contribution is 7.22. The number of hydrogen-bond donors (Lipinski definition) is 1. The van der Waals surface area contributed by atoms with Gasteiger partial charge in [0.05, 0.1) is 18.4 Å². The summed E-state index contributed by atoms with van der Waals surface area (Å²) >= 11 is 1.23.